The topological polar surface area (TPSA) is 110 Å². The Morgan fingerprint density at radius 2 is 1.95 bits per heavy atom. The van der Waals surface area contributed by atoms with E-state index in [-0.39, 0.29) is 13.1 Å². The van der Waals surface area contributed by atoms with Gasteiger partial charge < -0.3 is 24.6 Å². The number of halogens is 1. The number of aliphatic hydroxyl groups excluding tert-OH is 1. The third kappa shape index (κ3) is 7.42. The maximum Gasteiger partial charge on any atom is 0.410 e. The Hall–Kier alpha value is -3.70. The molecule has 11 heteroatoms. The Kier molecular flexibility index (Phi) is 8.48. The molecule has 1 fully saturated rings. The fourth-order valence-corrected chi connectivity index (χ4v) is 4.57. The van der Waals surface area contributed by atoms with E-state index in [1.807, 2.05) is 12.1 Å². The number of nitrogens with zero attached hydrogens (tertiary/aromatic N) is 2. The molecule has 2 amide bonds. The average Bonchev–Trinajstić information content (AvgIpc) is 3.46. The van der Waals surface area contributed by atoms with Gasteiger partial charge in [0.05, 0.1) is 24.3 Å². The lowest BCUT2D eigenvalue weighted by atomic mass is 10.0. The molecule has 0 unspecified atom stereocenters. The Balaban J connectivity index is 1.47. The Morgan fingerprint density at radius 1 is 1.18 bits per heavy atom. The monoisotopic (exact) mass is 543 g/mol. The van der Waals surface area contributed by atoms with Crippen molar-refractivity contribution in [1.29, 1.82) is 0 Å². The number of benzene rings is 2. The lowest BCUT2D eigenvalue weighted by Crippen LogP contribution is -2.46. The van der Waals surface area contributed by atoms with Gasteiger partial charge in [0, 0.05) is 6.54 Å². The van der Waals surface area contributed by atoms with E-state index in [9.17, 15) is 19.1 Å². The quantitative estimate of drug-likeness (QED) is 0.437. The summed E-state index contributed by atoms with van der Waals surface area (Å²) in [4.78, 5) is 31.0. The molecule has 202 valence electrons. The average molecular weight is 544 g/mol. The molecule has 9 nitrogen and oxygen atoms in total. The second-order valence-electron chi connectivity index (χ2n) is 9.89. The molecule has 0 radical (unpaired) electrons. The number of carbonyl (C=O) groups excluding carboxylic acids is 2. The first kappa shape index (κ1) is 27.3. The molecule has 2 N–H and O–H groups in total. The first-order chi connectivity index (χ1) is 18.1. The highest BCUT2D eigenvalue weighted by Gasteiger charge is 2.47. The van der Waals surface area contributed by atoms with Crippen molar-refractivity contribution in [3.63, 3.8) is 0 Å². The summed E-state index contributed by atoms with van der Waals surface area (Å²) in [5, 5.41) is 14.0. The molecule has 1 aromatic heterocycles. The molecule has 0 saturated carbocycles. The summed E-state index contributed by atoms with van der Waals surface area (Å²) in [6.45, 7) is 5.24. The van der Waals surface area contributed by atoms with Gasteiger partial charge in [0.15, 0.2) is 6.10 Å². The molecule has 2 heterocycles. The van der Waals surface area contributed by atoms with Gasteiger partial charge in [-0.2, -0.15) is 0 Å². The van der Waals surface area contributed by atoms with Crippen LogP contribution in [0.5, 0.6) is 10.8 Å². The fraction of sp³-hybridized carbons (Fsp3) is 0.370. The van der Waals surface area contributed by atoms with Crippen LogP contribution in [0.4, 0.5) is 14.0 Å². The number of hydrogen-bond acceptors (Lipinski definition) is 8. The number of alkyl carbamates (subject to hydrolysis) is 1. The molecule has 3 atom stereocenters. The number of likely N-dealkylation sites (tertiary alicyclic amines) is 1. The van der Waals surface area contributed by atoms with Gasteiger partial charge in [-0.3, -0.25) is 4.90 Å². The SMILES string of the molecule is CC(C)(C)OC(=O)N1C[C@H](O)[C@@H](OC(=O)NCc2cccc(F)c2)[C@H]1Cc1ccc(Oc2cncs2)cc1. The van der Waals surface area contributed by atoms with Crippen LogP contribution < -0.4 is 10.1 Å². The van der Waals surface area contributed by atoms with Crippen molar-refractivity contribution >= 4 is 23.5 Å². The summed E-state index contributed by atoms with van der Waals surface area (Å²) in [6.07, 6.45) is -1.62. The minimum absolute atomic E-state index is 0.0427. The van der Waals surface area contributed by atoms with Gasteiger partial charge in [0.1, 0.15) is 23.3 Å². The number of thiazole rings is 1. The van der Waals surface area contributed by atoms with Gasteiger partial charge in [0.25, 0.3) is 0 Å². The minimum atomic E-state index is -1.12. The second-order valence-corrected chi connectivity index (χ2v) is 10.7. The Morgan fingerprint density at radius 3 is 2.61 bits per heavy atom. The second kappa shape index (κ2) is 11.8. The number of amides is 2. The Labute approximate surface area is 224 Å². The minimum Gasteiger partial charge on any atom is -0.445 e. The molecule has 1 aliphatic rings. The predicted molar refractivity (Wildman–Crippen MR) is 139 cm³/mol. The summed E-state index contributed by atoms with van der Waals surface area (Å²) in [5.74, 6) is 0.207. The standard InChI is InChI=1S/C27H30FN3O6S/c1-27(2,3)37-26(34)31-15-22(32)24(36-25(33)30-13-18-5-4-6-19(28)11-18)21(31)12-17-7-9-20(10-8-17)35-23-14-29-16-38-23/h4-11,14,16,21-22,24,32H,12-13,15H2,1-3H3,(H,30,33)/t21-,22+,24+/m1/s1. The van der Waals surface area contributed by atoms with Crippen LogP contribution in [-0.4, -0.2) is 57.6 Å². The largest absolute Gasteiger partial charge is 0.445 e. The first-order valence-corrected chi connectivity index (χ1v) is 13.0. The lowest BCUT2D eigenvalue weighted by Gasteiger charge is -2.30. The zero-order valence-corrected chi connectivity index (χ0v) is 22.1. The number of hydrogen-bond donors (Lipinski definition) is 2. The van der Waals surface area contributed by atoms with Crippen molar-refractivity contribution in [2.75, 3.05) is 6.54 Å². The Bertz CT molecular complexity index is 1230. The van der Waals surface area contributed by atoms with E-state index in [0.29, 0.717) is 22.8 Å². The van der Waals surface area contributed by atoms with Crippen LogP contribution in [0.15, 0.2) is 60.2 Å². The van der Waals surface area contributed by atoms with E-state index in [0.717, 1.165) is 5.56 Å². The van der Waals surface area contributed by atoms with Crippen LogP contribution in [0.25, 0.3) is 0 Å². The predicted octanol–water partition coefficient (Wildman–Crippen LogP) is 4.89. The van der Waals surface area contributed by atoms with E-state index < -0.39 is 41.9 Å². The fourth-order valence-electron chi connectivity index (χ4n) is 4.08. The first-order valence-electron chi connectivity index (χ1n) is 12.1. The molecule has 0 bridgehead atoms. The number of rotatable bonds is 7. The van der Waals surface area contributed by atoms with Crippen molar-refractivity contribution in [3.05, 3.63) is 77.2 Å². The molecular formula is C27H30FN3O6S. The van der Waals surface area contributed by atoms with Crippen LogP contribution in [0, 0.1) is 5.82 Å². The van der Waals surface area contributed by atoms with E-state index in [2.05, 4.69) is 10.3 Å². The smallest absolute Gasteiger partial charge is 0.410 e. The summed E-state index contributed by atoms with van der Waals surface area (Å²) >= 11 is 1.37. The van der Waals surface area contributed by atoms with E-state index in [1.54, 1.807) is 56.7 Å². The molecule has 2 aromatic carbocycles. The maximum absolute atomic E-state index is 13.4. The van der Waals surface area contributed by atoms with Crippen LogP contribution in [0.1, 0.15) is 31.9 Å². The van der Waals surface area contributed by atoms with Crippen molar-refractivity contribution in [2.24, 2.45) is 0 Å². The molecule has 3 aromatic rings. The van der Waals surface area contributed by atoms with Gasteiger partial charge in [-0.25, -0.2) is 19.0 Å². The molecular weight excluding hydrogens is 513 g/mol. The van der Waals surface area contributed by atoms with Crippen molar-refractivity contribution in [2.45, 2.75) is 57.6 Å². The zero-order valence-electron chi connectivity index (χ0n) is 21.3. The number of nitrogens with one attached hydrogen (secondary N) is 1. The van der Waals surface area contributed by atoms with E-state index >= 15 is 0 Å². The van der Waals surface area contributed by atoms with Crippen LogP contribution in [0.2, 0.25) is 0 Å². The zero-order chi connectivity index (χ0) is 27.3. The van der Waals surface area contributed by atoms with Crippen molar-refractivity contribution < 1.29 is 33.3 Å². The van der Waals surface area contributed by atoms with Crippen molar-refractivity contribution in [3.8, 4) is 10.8 Å². The highest BCUT2D eigenvalue weighted by Crippen LogP contribution is 2.29. The number of carbonyl (C=O) groups is 2. The molecule has 0 spiro atoms. The molecule has 0 aliphatic carbocycles. The van der Waals surface area contributed by atoms with Gasteiger partial charge in [-0.15, -0.1) is 0 Å². The molecule has 1 saturated heterocycles. The van der Waals surface area contributed by atoms with Crippen LogP contribution in [0.3, 0.4) is 0 Å². The van der Waals surface area contributed by atoms with Gasteiger partial charge in [0.2, 0.25) is 5.06 Å². The third-order valence-electron chi connectivity index (χ3n) is 5.74. The van der Waals surface area contributed by atoms with Crippen molar-refractivity contribution in [1.82, 2.24) is 15.2 Å². The molecule has 38 heavy (non-hydrogen) atoms. The van der Waals surface area contributed by atoms with Gasteiger partial charge in [-0.05, 0) is 62.6 Å². The van der Waals surface area contributed by atoms with E-state index in [4.69, 9.17) is 14.2 Å². The van der Waals surface area contributed by atoms with Crippen LogP contribution in [-0.2, 0) is 22.4 Å². The lowest BCUT2D eigenvalue weighted by molar-refractivity contribution is 0.00588. The van der Waals surface area contributed by atoms with Crippen LogP contribution >= 0.6 is 11.3 Å². The highest BCUT2D eigenvalue weighted by atomic mass is 32.1. The van der Waals surface area contributed by atoms with Gasteiger partial charge >= 0.3 is 12.2 Å². The van der Waals surface area contributed by atoms with E-state index in [1.165, 1.54) is 28.4 Å². The maximum atomic E-state index is 13.4. The summed E-state index contributed by atoms with van der Waals surface area (Å²) in [5.41, 5.74) is 2.32. The molecule has 4 rings (SSSR count). The highest BCUT2D eigenvalue weighted by molar-refractivity contribution is 7.11. The number of ether oxygens (including phenoxy) is 3. The summed E-state index contributed by atoms with van der Waals surface area (Å²) in [6, 6.07) is 12.4. The summed E-state index contributed by atoms with van der Waals surface area (Å²) < 4.78 is 30.3. The number of β-amino-alcohol motifs (C(OH)–C–C–N with tert-alkyl or cyclic N) is 1. The molecule has 1 aliphatic heterocycles. The van der Waals surface area contributed by atoms with Gasteiger partial charge in [-0.1, -0.05) is 35.6 Å². The summed E-state index contributed by atoms with van der Waals surface area (Å²) in [7, 11) is 0. The normalized spacial score (nSPS) is 19.2. The number of aromatic nitrogens is 1. The third-order valence-corrected chi connectivity index (χ3v) is 6.38. The number of aliphatic hydroxyl groups is 1.